The molecule has 3 atom stereocenters. The molecule has 31 heavy (non-hydrogen) atoms. The Morgan fingerprint density at radius 2 is 2.00 bits per heavy atom. The van der Waals surface area contributed by atoms with E-state index in [0.29, 0.717) is 29.7 Å². The average Bonchev–Trinajstić information content (AvgIpc) is 3.25. The molecular formula is C23H31N5O3. The van der Waals surface area contributed by atoms with Crippen LogP contribution in [0.15, 0.2) is 30.6 Å². The third-order valence-electron chi connectivity index (χ3n) is 6.35. The zero-order chi connectivity index (χ0) is 21.8. The van der Waals surface area contributed by atoms with Crippen LogP contribution in [0.4, 0.5) is 5.69 Å². The Morgan fingerprint density at radius 3 is 2.68 bits per heavy atom. The molecule has 2 bridgehead atoms. The number of anilines is 1. The summed E-state index contributed by atoms with van der Waals surface area (Å²) < 4.78 is 5.68. The van der Waals surface area contributed by atoms with Crippen LogP contribution in [0.2, 0.25) is 0 Å². The number of H-pyrrole nitrogens is 1. The smallest absolute Gasteiger partial charge is 0.258 e. The molecule has 1 aromatic heterocycles. The summed E-state index contributed by atoms with van der Waals surface area (Å²) in [7, 11) is 0. The number of ether oxygens (including phenoxy) is 1. The van der Waals surface area contributed by atoms with Crippen molar-refractivity contribution in [3.8, 4) is 5.75 Å². The Bertz CT molecular complexity index is 913. The summed E-state index contributed by atoms with van der Waals surface area (Å²) in [6.07, 6.45) is 4.45. The van der Waals surface area contributed by atoms with E-state index < -0.39 is 0 Å². The van der Waals surface area contributed by atoms with Gasteiger partial charge in [-0.1, -0.05) is 13.0 Å². The number of carbonyl (C=O) groups excluding carboxylic acids is 2. The van der Waals surface area contributed by atoms with Gasteiger partial charge in [-0.3, -0.25) is 14.5 Å². The lowest BCUT2D eigenvalue weighted by atomic mass is 9.92. The highest BCUT2D eigenvalue weighted by molar-refractivity contribution is 5.90. The van der Waals surface area contributed by atoms with Crippen LogP contribution in [0.5, 0.6) is 5.75 Å². The molecule has 1 aliphatic heterocycles. The number of rotatable bonds is 8. The lowest BCUT2D eigenvalue weighted by Gasteiger charge is -2.38. The fraction of sp³-hybridized carbons (Fsp3) is 0.522. The number of amides is 2. The molecule has 2 aromatic rings. The van der Waals surface area contributed by atoms with Gasteiger partial charge in [0, 0.05) is 49.5 Å². The number of likely N-dealkylation sites (tertiary alicyclic amines) is 1. The Hall–Kier alpha value is -2.87. The van der Waals surface area contributed by atoms with Gasteiger partial charge in [-0.25, -0.2) is 4.98 Å². The van der Waals surface area contributed by atoms with Crippen molar-refractivity contribution in [1.82, 2.24) is 20.2 Å². The molecule has 4 rings (SSSR count). The summed E-state index contributed by atoms with van der Waals surface area (Å²) in [4.78, 5) is 34.1. The van der Waals surface area contributed by atoms with Gasteiger partial charge in [-0.05, 0) is 43.7 Å². The molecule has 166 valence electrons. The van der Waals surface area contributed by atoms with Gasteiger partial charge < -0.3 is 20.4 Å². The van der Waals surface area contributed by atoms with E-state index in [2.05, 4.69) is 32.4 Å². The van der Waals surface area contributed by atoms with Crippen LogP contribution in [-0.4, -0.2) is 52.4 Å². The Kier molecular flexibility index (Phi) is 6.56. The molecule has 2 heterocycles. The van der Waals surface area contributed by atoms with Crippen molar-refractivity contribution in [2.75, 3.05) is 25.0 Å². The number of nitrogens with zero attached hydrogens (tertiary/aromatic N) is 2. The monoisotopic (exact) mass is 425 g/mol. The molecule has 2 fully saturated rings. The van der Waals surface area contributed by atoms with Gasteiger partial charge in [-0.2, -0.15) is 0 Å². The number of benzene rings is 1. The van der Waals surface area contributed by atoms with Crippen molar-refractivity contribution >= 4 is 17.5 Å². The Morgan fingerprint density at radius 1 is 1.23 bits per heavy atom. The highest BCUT2D eigenvalue weighted by Crippen LogP contribution is 2.37. The zero-order valence-corrected chi connectivity index (χ0v) is 18.2. The number of imidazole rings is 1. The number of aromatic nitrogens is 2. The predicted octanol–water partition coefficient (Wildman–Crippen LogP) is 2.47. The van der Waals surface area contributed by atoms with Crippen molar-refractivity contribution in [1.29, 1.82) is 0 Å². The Labute approximate surface area is 182 Å². The lowest BCUT2D eigenvalue weighted by molar-refractivity contribution is -0.124. The molecule has 2 amide bonds. The number of aromatic amines is 1. The van der Waals surface area contributed by atoms with Gasteiger partial charge in [0.05, 0.1) is 12.0 Å². The van der Waals surface area contributed by atoms with Crippen LogP contribution in [0.25, 0.3) is 0 Å². The van der Waals surface area contributed by atoms with E-state index in [1.54, 1.807) is 37.5 Å². The molecule has 1 saturated heterocycles. The van der Waals surface area contributed by atoms with Crippen LogP contribution >= 0.6 is 0 Å². The van der Waals surface area contributed by atoms with Crippen molar-refractivity contribution in [3.05, 3.63) is 42.0 Å². The quantitative estimate of drug-likeness (QED) is 0.603. The first-order valence-electron chi connectivity index (χ1n) is 11.0. The van der Waals surface area contributed by atoms with Crippen LogP contribution < -0.4 is 15.4 Å². The number of hydrogen-bond donors (Lipinski definition) is 3. The zero-order valence-electron chi connectivity index (χ0n) is 18.2. The molecule has 0 spiro atoms. The third kappa shape index (κ3) is 5.25. The van der Waals surface area contributed by atoms with Gasteiger partial charge in [0.15, 0.2) is 6.61 Å². The summed E-state index contributed by atoms with van der Waals surface area (Å²) >= 11 is 0. The van der Waals surface area contributed by atoms with Gasteiger partial charge >= 0.3 is 0 Å². The van der Waals surface area contributed by atoms with Crippen molar-refractivity contribution in [2.24, 2.45) is 11.8 Å². The van der Waals surface area contributed by atoms with E-state index in [0.717, 1.165) is 43.9 Å². The van der Waals surface area contributed by atoms with E-state index in [4.69, 9.17) is 4.74 Å². The normalized spacial score (nSPS) is 22.8. The number of fused-ring (bicyclic) bond motifs is 2. The second-order valence-corrected chi connectivity index (χ2v) is 8.58. The predicted molar refractivity (Wildman–Crippen MR) is 118 cm³/mol. The van der Waals surface area contributed by atoms with Gasteiger partial charge in [-0.15, -0.1) is 0 Å². The van der Waals surface area contributed by atoms with E-state index in [1.807, 2.05) is 0 Å². The van der Waals surface area contributed by atoms with Crippen molar-refractivity contribution in [3.63, 3.8) is 0 Å². The summed E-state index contributed by atoms with van der Waals surface area (Å²) in [5.74, 6) is 1.35. The summed E-state index contributed by atoms with van der Waals surface area (Å²) in [5, 5.41) is 6.01. The SMILES string of the molecule is CCC(=O)Nc1cccc(OCC(=O)NC2[C@@H]3CC[C@H]2CN(Cc2nc[nH]c2C)C3)c1. The first-order valence-corrected chi connectivity index (χ1v) is 11.0. The molecule has 0 radical (unpaired) electrons. The minimum Gasteiger partial charge on any atom is -0.484 e. The minimum atomic E-state index is -0.0958. The maximum absolute atomic E-state index is 12.6. The number of hydrogen-bond acceptors (Lipinski definition) is 5. The van der Waals surface area contributed by atoms with Crippen LogP contribution in [0.3, 0.4) is 0 Å². The fourth-order valence-corrected chi connectivity index (χ4v) is 4.73. The van der Waals surface area contributed by atoms with Gasteiger partial charge in [0.2, 0.25) is 5.91 Å². The van der Waals surface area contributed by atoms with Gasteiger partial charge in [0.1, 0.15) is 5.75 Å². The van der Waals surface area contributed by atoms with Crippen LogP contribution in [0.1, 0.15) is 37.6 Å². The molecule has 1 unspecified atom stereocenters. The molecule has 2 aliphatic rings. The summed E-state index contributed by atoms with van der Waals surface area (Å²) in [6.45, 7) is 6.64. The van der Waals surface area contributed by atoms with Gasteiger partial charge in [0.25, 0.3) is 5.91 Å². The topological polar surface area (TPSA) is 99.3 Å². The van der Waals surface area contributed by atoms with Crippen LogP contribution in [-0.2, 0) is 16.1 Å². The maximum Gasteiger partial charge on any atom is 0.258 e. The highest BCUT2D eigenvalue weighted by Gasteiger charge is 2.42. The fourth-order valence-electron chi connectivity index (χ4n) is 4.73. The summed E-state index contributed by atoms with van der Waals surface area (Å²) in [6, 6.07) is 7.34. The molecule has 1 saturated carbocycles. The van der Waals surface area contributed by atoms with Crippen molar-refractivity contribution < 1.29 is 14.3 Å². The standard InChI is InChI=1S/C23H31N5O3/c1-3-21(29)26-18-5-4-6-19(9-18)31-13-22(30)27-23-16-7-8-17(23)11-28(10-16)12-20-15(2)24-14-25-20/h4-6,9,14,16-17,23H,3,7-8,10-13H2,1-2H3,(H,24,25)(H,26,29)(H,27,30)/t16-,17+,23?. The molecule has 3 N–H and O–H groups in total. The minimum absolute atomic E-state index is 0.0305. The third-order valence-corrected chi connectivity index (χ3v) is 6.35. The average molecular weight is 426 g/mol. The van der Waals surface area contributed by atoms with E-state index in [9.17, 15) is 9.59 Å². The molecular weight excluding hydrogens is 394 g/mol. The highest BCUT2D eigenvalue weighted by atomic mass is 16.5. The maximum atomic E-state index is 12.6. The van der Waals surface area contributed by atoms with E-state index in [1.165, 1.54) is 0 Å². The second kappa shape index (κ2) is 9.51. The first kappa shape index (κ1) is 21.4. The number of carbonyl (C=O) groups is 2. The van der Waals surface area contributed by atoms with Crippen molar-refractivity contribution in [2.45, 2.75) is 45.7 Å². The van der Waals surface area contributed by atoms with Crippen LogP contribution in [0, 0.1) is 18.8 Å². The number of nitrogens with one attached hydrogen (secondary N) is 3. The Balaban J connectivity index is 1.26. The largest absolute Gasteiger partial charge is 0.484 e. The summed E-state index contributed by atoms with van der Waals surface area (Å²) in [5.41, 5.74) is 2.90. The molecule has 8 heteroatoms. The lowest BCUT2D eigenvalue weighted by Crippen LogP contribution is -2.53. The van der Waals surface area contributed by atoms with E-state index >= 15 is 0 Å². The number of piperidine rings is 1. The molecule has 1 aromatic carbocycles. The second-order valence-electron chi connectivity index (χ2n) is 8.58. The molecule has 1 aliphatic carbocycles. The molecule has 8 nitrogen and oxygen atoms in total. The number of aryl methyl sites for hydroxylation is 1. The van der Waals surface area contributed by atoms with E-state index in [-0.39, 0.29) is 24.5 Å². The first-order chi connectivity index (χ1) is 15.0.